The average molecular weight is 322 g/mol. The standard InChI is InChI=1S/C19H22N4O/c1-14-9-10-17(22(14)2)19-21-20-18(24-19)13-23-11-5-8-15-6-3-4-7-16(15)12-23/h3-4,6-7,9-10H,5,8,11-13H2,1-2H3. The second-order valence-corrected chi connectivity index (χ2v) is 6.50. The second-order valence-electron chi connectivity index (χ2n) is 6.50. The smallest absolute Gasteiger partial charge is 0.264 e. The molecule has 5 nitrogen and oxygen atoms in total. The summed E-state index contributed by atoms with van der Waals surface area (Å²) in [4.78, 5) is 2.39. The van der Waals surface area contributed by atoms with Gasteiger partial charge in [-0.05, 0) is 49.6 Å². The van der Waals surface area contributed by atoms with Crippen LogP contribution in [0.1, 0.15) is 29.1 Å². The first-order valence-corrected chi connectivity index (χ1v) is 8.45. The van der Waals surface area contributed by atoms with Crippen LogP contribution in [0.15, 0.2) is 40.8 Å². The van der Waals surface area contributed by atoms with Crippen molar-refractivity contribution in [3.8, 4) is 11.6 Å². The van der Waals surface area contributed by atoms with Crippen molar-refractivity contribution in [1.29, 1.82) is 0 Å². The number of rotatable bonds is 3. The maximum absolute atomic E-state index is 5.91. The lowest BCUT2D eigenvalue weighted by Gasteiger charge is -2.18. The van der Waals surface area contributed by atoms with Crippen molar-refractivity contribution >= 4 is 0 Å². The minimum absolute atomic E-state index is 0.593. The van der Waals surface area contributed by atoms with Crippen LogP contribution in [-0.4, -0.2) is 26.2 Å². The summed E-state index contributed by atoms with van der Waals surface area (Å²) in [6, 6.07) is 12.8. The fourth-order valence-electron chi connectivity index (χ4n) is 3.34. The summed E-state index contributed by atoms with van der Waals surface area (Å²) in [6.07, 6.45) is 2.30. The van der Waals surface area contributed by atoms with Crippen molar-refractivity contribution in [2.75, 3.05) is 6.54 Å². The fourth-order valence-corrected chi connectivity index (χ4v) is 3.34. The first-order chi connectivity index (χ1) is 11.7. The third kappa shape index (κ3) is 2.87. The number of benzene rings is 1. The van der Waals surface area contributed by atoms with Crippen molar-refractivity contribution < 1.29 is 4.42 Å². The largest absolute Gasteiger partial charge is 0.418 e. The Labute approximate surface area is 141 Å². The zero-order chi connectivity index (χ0) is 16.5. The van der Waals surface area contributed by atoms with Gasteiger partial charge in [-0.25, -0.2) is 0 Å². The minimum atomic E-state index is 0.593. The molecule has 0 fully saturated rings. The Morgan fingerprint density at radius 2 is 1.92 bits per heavy atom. The van der Waals surface area contributed by atoms with Gasteiger partial charge in [-0.15, -0.1) is 10.2 Å². The van der Waals surface area contributed by atoms with Gasteiger partial charge in [0.1, 0.15) is 5.69 Å². The molecule has 4 rings (SSSR count). The van der Waals surface area contributed by atoms with E-state index in [1.807, 2.05) is 13.1 Å². The molecular formula is C19H22N4O. The molecule has 1 aliphatic heterocycles. The van der Waals surface area contributed by atoms with E-state index in [9.17, 15) is 0 Å². The van der Waals surface area contributed by atoms with Crippen LogP contribution in [0, 0.1) is 6.92 Å². The summed E-state index contributed by atoms with van der Waals surface area (Å²) < 4.78 is 7.98. The van der Waals surface area contributed by atoms with Gasteiger partial charge in [-0.1, -0.05) is 24.3 Å². The third-order valence-electron chi connectivity index (χ3n) is 4.85. The number of hydrogen-bond acceptors (Lipinski definition) is 4. The van der Waals surface area contributed by atoms with E-state index in [0.717, 1.165) is 31.6 Å². The molecule has 124 valence electrons. The second kappa shape index (κ2) is 6.24. The lowest BCUT2D eigenvalue weighted by Crippen LogP contribution is -2.22. The fraction of sp³-hybridized carbons (Fsp3) is 0.368. The number of nitrogens with zero attached hydrogens (tertiary/aromatic N) is 4. The van der Waals surface area contributed by atoms with Crippen LogP contribution in [0.5, 0.6) is 0 Å². The van der Waals surface area contributed by atoms with Gasteiger partial charge in [-0.2, -0.15) is 0 Å². The highest BCUT2D eigenvalue weighted by Crippen LogP contribution is 2.22. The van der Waals surface area contributed by atoms with Crippen molar-refractivity contribution in [2.45, 2.75) is 32.9 Å². The summed E-state index contributed by atoms with van der Waals surface area (Å²) in [5, 5.41) is 8.48. The molecule has 0 saturated heterocycles. The molecule has 0 radical (unpaired) electrons. The molecule has 5 heteroatoms. The molecular weight excluding hydrogens is 300 g/mol. The number of hydrogen-bond donors (Lipinski definition) is 0. The Morgan fingerprint density at radius 3 is 2.71 bits per heavy atom. The molecule has 3 aromatic rings. The van der Waals surface area contributed by atoms with E-state index in [4.69, 9.17) is 4.42 Å². The molecule has 0 N–H and O–H groups in total. The van der Waals surface area contributed by atoms with Gasteiger partial charge < -0.3 is 8.98 Å². The molecule has 0 spiro atoms. The number of aromatic nitrogens is 3. The van der Waals surface area contributed by atoms with Crippen LogP contribution >= 0.6 is 0 Å². The molecule has 0 unspecified atom stereocenters. The molecule has 0 aliphatic carbocycles. The van der Waals surface area contributed by atoms with Crippen LogP contribution < -0.4 is 0 Å². The predicted octanol–water partition coefficient (Wildman–Crippen LogP) is 3.33. The topological polar surface area (TPSA) is 47.1 Å². The van der Waals surface area contributed by atoms with E-state index >= 15 is 0 Å². The zero-order valence-electron chi connectivity index (χ0n) is 14.2. The van der Waals surface area contributed by atoms with Crippen LogP contribution in [-0.2, 0) is 26.6 Å². The van der Waals surface area contributed by atoms with Crippen LogP contribution in [0.25, 0.3) is 11.6 Å². The molecule has 0 bridgehead atoms. The average Bonchev–Trinajstić information content (AvgIpc) is 3.09. The van der Waals surface area contributed by atoms with Gasteiger partial charge in [0.25, 0.3) is 5.89 Å². The van der Waals surface area contributed by atoms with Gasteiger partial charge in [0.2, 0.25) is 5.89 Å². The summed E-state index contributed by atoms with van der Waals surface area (Å²) in [7, 11) is 2.01. The van der Waals surface area contributed by atoms with Crippen LogP contribution in [0.2, 0.25) is 0 Å². The Balaban J connectivity index is 1.51. The highest BCUT2D eigenvalue weighted by atomic mass is 16.4. The summed E-state index contributed by atoms with van der Waals surface area (Å²) in [5.74, 6) is 1.28. The first-order valence-electron chi connectivity index (χ1n) is 8.45. The van der Waals surface area contributed by atoms with Gasteiger partial charge in [0.05, 0.1) is 6.54 Å². The monoisotopic (exact) mass is 322 g/mol. The first kappa shape index (κ1) is 15.1. The van der Waals surface area contributed by atoms with E-state index in [2.05, 4.69) is 56.9 Å². The molecule has 1 aromatic carbocycles. The third-order valence-corrected chi connectivity index (χ3v) is 4.85. The summed E-state index contributed by atoms with van der Waals surface area (Å²) in [6.45, 7) is 4.76. The lowest BCUT2D eigenvalue weighted by atomic mass is 10.0. The Bertz CT molecular complexity index is 849. The normalized spacial score (nSPS) is 15.2. The molecule has 1 aliphatic rings. The van der Waals surface area contributed by atoms with E-state index < -0.39 is 0 Å². The predicted molar refractivity (Wildman–Crippen MR) is 92.3 cm³/mol. The molecule has 2 aromatic heterocycles. The van der Waals surface area contributed by atoms with E-state index in [-0.39, 0.29) is 0 Å². The van der Waals surface area contributed by atoms with Crippen molar-refractivity contribution in [2.24, 2.45) is 7.05 Å². The van der Waals surface area contributed by atoms with Gasteiger partial charge >= 0.3 is 0 Å². The maximum Gasteiger partial charge on any atom is 0.264 e. The van der Waals surface area contributed by atoms with E-state index in [1.165, 1.54) is 16.8 Å². The Kier molecular flexibility index (Phi) is 3.94. The maximum atomic E-state index is 5.91. The summed E-state index contributed by atoms with van der Waals surface area (Å²) >= 11 is 0. The highest BCUT2D eigenvalue weighted by Gasteiger charge is 2.18. The van der Waals surface area contributed by atoms with Gasteiger partial charge in [0, 0.05) is 19.3 Å². The van der Waals surface area contributed by atoms with E-state index in [0.29, 0.717) is 18.3 Å². The van der Waals surface area contributed by atoms with Crippen molar-refractivity contribution in [1.82, 2.24) is 19.7 Å². The quantitative estimate of drug-likeness (QED) is 0.742. The minimum Gasteiger partial charge on any atom is -0.418 e. The number of aryl methyl sites for hydroxylation is 2. The summed E-state index contributed by atoms with van der Waals surface area (Å²) in [5.41, 5.74) is 5.01. The number of fused-ring (bicyclic) bond motifs is 1. The lowest BCUT2D eigenvalue weighted by molar-refractivity contribution is 0.235. The van der Waals surface area contributed by atoms with Crippen LogP contribution in [0.4, 0.5) is 0 Å². The molecule has 0 amide bonds. The van der Waals surface area contributed by atoms with E-state index in [1.54, 1.807) is 0 Å². The zero-order valence-corrected chi connectivity index (χ0v) is 14.2. The highest BCUT2D eigenvalue weighted by molar-refractivity contribution is 5.48. The van der Waals surface area contributed by atoms with Crippen molar-refractivity contribution in [3.63, 3.8) is 0 Å². The molecule has 3 heterocycles. The molecule has 0 saturated carbocycles. The molecule has 0 atom stereocenters. The SMILES string of the molecule is Cc1ccc(-c2nnc(CN3CCCc4ccccc4C3)o2)n1C. The van der Waals surface area contributed by atoms with Crippen molar-refractivity contribution in [3.05, 3.63) is 59.1 Å². The molecule has 24 heavy (non-hydrogen) atoms. The Hall–Kier alpha value is -2.40. The Morgan fingerprint density at radius 1 is 1.08 bits per heavy atom. The van der Waals surface area contributed by atoms with Gasteiger partial charge in [-0.3, -0.25) is 4.90 Å². The van der Waals surface area contributed by atoms with Gasteiger partial charge in [0.15, 0.2) is 0 Å². The van der Waals surface area contributed by atoms with Crippen LogP contribution in [0.3, 0.4) is 0 Å².